The molecule has 0 bridgehead atoms. The average molecular weight is 1160 g/mol. The van der Waals surface area contributed by atoms with Crippen molar-refractivity contribution in [2.45, 2.75) is 358 Å². The third-order valence-electron chi connectivity index (χ3n) is 16.2. The van der Waals surface area contributed by atoms with E-state index in [1.165, 1.54) is 218 Å². The molecule has 1 heterocycles. The largest absolute Gasteiger partial charge is 0.466 e. The van der Waals surface area contributed by atoms with Crippen molar-refractivity contribution in [2.24, 2.45) is 0 Å². The Morgan fingerprint density at radius 1 is 0.476 bits per heavy atom. The van der Waals surface area contributed by atoms with Crippen LogP contribution < -0.4 is 5.32 Å². The summed E-state index contributed by atoms with van der Waals surface area (Å²) in [7, 11) is 0. The monoisotopic (exact) mass is 1160 g/mol. The van der Waals surface area contributed by atoms with Gasteiger partial charge in [0.25, 0.3) is 0 Å². The smallest absolute Gasteiger partial charge is 0.305 e. The molecule has 1 saturated heterocycles. The van der Waals surface area contributed by atoms with Crippen LogP contribution >= 0.6 is 0 Å². The second-order valence-corrected chi connectivity index (χ2v) is 23.9. The van der Waals surface area contributed by atoms with Gasteiger partial charge in [0.2, 0.25) is 5.91 Å². The van der Waals surface area contributed by atoms with E-state index in [4.69, 9.17) is 14.2 Å². The molecule has 1 amide bonds. The molecule has 6 N–H and O–H groups in total. The number of amides is 1. The van der Waals surface area contributed by atoms with Gasteiger partial charge in [-0.1, -0.05) is 280 Å². The van der Waals surface area contributed by atoms with Crippen LogP contribution in [0.2, 0.25) is 0 Å². The van der Waals surface area contributed by atoms with Crippen LogP contribution in [0.1, 0.15) is 316 Å². The van der Waals surface area contributed by atoms with E-state index >= 15 is 0 Å². The Morgan fingerprint density at radius 3 is 1.34 bits per heavy atom. The second-order valence-electron chi connectivity index (χ2n) is 23.9. The first kappa shape index (κ1) is 77.4. The van der Waals surface area contributed by atoms with Crippen molar-refractivity contribution >= 4 is 11.9 Å². The van der Waals surface area contributed by atoms with Crippen LogP contribution in [-0.2, 0) is 23.8 Å². The summed E-state index contributed by atoms with van der Waals surface area (Å²) in [6.07, 6.45) is 69.7. The van der Waals surface area contributed by atoms with Crippen molar-refractivity contribution in [2.75, 3.05) is 19.8 Å². The van der Waals surface area contributed by atoms with E-state index in [0.29, 0.717) is 19.4 Å². The zero-order valence-electron chi connectivity index (χ0n) is 52.9. The second kappa shape index (κ2) is 60.1. The molecule has 7 unspecified atom stereocenters. The Labute approximate surface area is 503 Å². The molecule has 0 aliphatic carbocycles. The normalized spacial score (nSPS) is 18.5. The molecule has 82 heavy (non-hydrogen) atoms. The van der Waals surface area contributed by atoms with Crippen molar-refractivity contribution in [3.8, 4) is 0 Å². The number of carbonyl (C=O) groups excluding carboxylic acids is 2. The molecule has 0 aromatic heterocycles. The predicted molar refractivity (Wildman–Crippen MR) is 343 cm³/mol. The number of carbonyl (C=O) groups is 2. The molecule has 0 spiro atoms. The SMILES string of the molecule is C/C=C/CC/C=C/CC/C=C/C(O)C(COC1OC(CO)C(O)C(O)C1O)NC(=O)CCCCCCCCCCCCCCCCCCC/C=C\C/C=C\CCCCCCCCCCCOC(=O)CCCCCCCCCCCCCC. The molecule has 0 aromatic rings. The van der Waals surface area contributed by atoms with Gasteiger partial charge in [-0.15, -0.1) is 0 Å². The summed E-state index contributed by atoms with van der Waals surface area (Å²) in [6, 6.07) is -0.833. The van der Waals surface area contributed by atoms with Gasteiger partial charge in [0.1, 0.15) is 24.4 Å². The highest BCUT2D eigenvalue weighted by Crippen LogP contribution is 2.23. The lowest BCUT2D eigenvalue weighted by molar-refractivity contribution is -0.302. The first-order valence-electron chi connectivity index (χ1n) is 34.5. The van der Waals surface area contributed by atoms with Crippen molar-refractivity contribution in [1.82, 2.24) is 5.32 Å². The zero-order valence-corrected chi connectivity index (χ0v) is 52.9. The molecule has 1 aliphatic heterocycles. The highest BCUT2D eigenvalue weighted by atomic mass is 16.7. The minimum atomic E-state index is -1.58. The molecular formula is C71H129NO10. The maximum absolute atomic E-state index is 13.0. The highest BCUT2D eigenvalue weighted by Gasteiger charge is 2.44. The highest BCUT2D eigenvalue weighted by molar-refractivity contribution is 5.76. The topological polar surface area (TPSA) is 175 Å². The number of aliphatic hydroxyl groups excluding tert-OH is 5. The quantitative estimate of drug-likeness (QED) is 0.0195. The third kappa shape index (κ3) is 48.6. The van der Waals surface area contributed by atoms with Crippen LogP contribution in [0, 0.1) is 0 Å². The summed E-state index contributed by atoms with van der Waals surface area (Å²) in [5.41, 5.74) is 0. The van der Waals surface area contributed by atoms with Gasteiger partial charge in [0, 0.05) is 12.8 Å². The lowest BCUT2D eigenvalue weighted by Gasteiger charge is -2.40. The van der Waals surface area contributed by atoms with E-state index in [1.54, 1.807) is 6.08 Å². The number of unbranched alkanes of at least 4 members (excludes halogenated alkanes) is 39. The molecule has 1 fully saturated rings. The van der Waals surface area contributed by atoms with Crippen molar-refractivity contribution in [3.05, 3.63) is 60.8 Å². The van der Waals surface area contributed by atoms with Crippen LogP contribution in [0.25, 0.3) is 0 Å². The lowest BCUT2D eigenvalue weighted by atomic mass is 9.99. The molecular weight excluding hydrogens is 1030 g/mol. The standard InChI is InChI=1S/C71H129NO10/c1-3-5-7-9-11-13-14-39-43-47-51-55-59-67(76)80-60-56-52-48-44-40-37-35-33-31-29-27-25-23-21-19-17-15-16-18-20-22-24-26-28-30-32-34-36-38-42-46-50-54-58-66(75)72-63(64(74)57-53-49-45-41-12-10-8-6-4-2)62-81-71-70(79)69(78)68(77)65(61-73)82-71/h4,6,12,19,21,25,27,41,53,57,63-65,68-71,73-74,77-79H,3,5,7-11,13-18,20,22-24,26,28-40,42-52,54-56,58-62H2,1-2H3,(H,72,75)/b6-4+,21-19-,27-25-,41-12+,57-53+. The first-order valence-corrected chi connectivity index (χ1v) is 34.5. The fourth-order valence-corrected chi connectivity index (χ4v) is 10.7. The number of esters is 1. The zero-order chi connectivity index (χ0) is 59.5. The van der Waals surface area contributed by atoms with E-state index in [-0.39, 0.29) is 18.5 Å². The van der Waals surface area contributed by atoms with Crippen LogP contribution in [-0.4, -0.2) is 100 Å². The Balaban J connectivity index is 1.93. The summed E-state index contributed by atoms with van der Waals surface area (Å²) < 4.78 is 16.7. The van der Waals surface area contributed by atoms with Crippen molar-refractivity contribution in [3.63, 3.8) is 0 Å². The van der Waals surface area contributed by atoms with Gasteiger partial charge in [0.15, 0.2) is 6.29 Å². The molecule has 1 aliphatic rings. The van der Waals surface area contributed by atoms with Crippen molar-refractivity contribution in [1.29, 1.82) is 0 Å². The Bertz CT molecular complexity index is 1550. The molecule has 0 aromatic carbocycles. The molecule has 11 nitrogen and oxygen atoms in total. The number of allylic oxidation sites excluding steroid dienone is 9. The van der Waals surface area contributed by atoms with E-state index in [1.807, 2.05) is 19.1 Å². The number of aliphatic hydroxyl groups is 5. The molecule has 7 atom stereocenters. The Morgan fingerprint density at radius 2 is 0.878 bits per heavy atom. The van der Waals surface area contributed by atoms with Gasteiger partial charge < -0.3 is 45.1 Å². The van der Waals surface area contributed by atoms with Gasteiger partial charge in [-0.25, -0.2) is 0 Å². The molecule has 0 saturated carbocycles. The summed E-state index contributed by atoms with van der Waals surface area (Å²) in [4.78, 5) is 25.0. The number of nitrogens with one attached hydrogen (secondary N) is 1. The average Bonchev–Trinajstić information content (AvgIpc) is 3.68. The maximum Gasteiger partial charge on any atom is 0.305 e. The fraction of sp³-hybridized carbons (Fsp3) is 0.831. The number of hydrogen-bond donors (Lipinski definition) is 6. The first-order chi connectivity index (χ1) is 40.2. The van der Waals surface area contributed by atoms with Gasteiger partial charge in [0.05, 0.1) is 32.0 Å². The third-order valence-corrected chi connectivity index (χ3v) is 16.2. The van der Waals surface area contributed by atoms with Crippen molar-refractivity contribution < 1.29 is 49.3 Å². The molecule has 0 radical (unpaired) electrons. The van der Waals surface area contributed by atoms with E-state index in [9.17, 15) is 35.1 Å². The van der Waals surface area contributed by atoms with E-state index in [2.05, 4.69) is 54.8 Å². The Hall–Kier alpha value is -2.64. The number of rotatable bonds is 60. The van der Waals surface area contributed by atoms with E-state index in [0.717, 1.165) is 70.6 Å². The van der Waals surface area contributed by atoms with Crippen LogP contribution in [0.15, 0.2) is 60.8 Å². The summed E-state index contributed by atoms with van der Waals surface area (Å²) >= 11 is 0. The summed E-state index contributed by atoms with van der Waals surface area (Å²) in [5.74, 6) is -0.191. The van der Waals surface area contributed by atoms with Gasteiger partial charge >= 0.3 is 5.97 Å². The van der Waals surface area contributed by atoms with Gasteiger partial charge in [-0.2, -0.15) is 0 Å². The summed E-state index contributed by atoms with van der Waals surface area (Å²) in [6.45, 7) is 4.10. The molecule has 478 valence electrons. The summed E-state index contributed by atoms with van der Waals surface area (Å²) in [5, 5.41) is 54.2. The van der Waals surface area contributed by atoms with E-state index < -0.39 is 49.5 Å². The number of hydrogen-bond acceptors (Lipinski definition) is 10. The van der Waals surface area contributed by atoms with Gasteiger partial charge in [-0.3, -0.25) is 9.59 Å². The minimum absolute atomic E-state index is 0.00691. The molecule has 11 heteroatoms. The Kier molecular flexibility index (Phi) is 56.7. The van der Waals surface area contributed by atoms with Crippen LogP contribution in [0.4, 0.5) is 0 Å². The number of ether oxygens (including phenoxy) is 3. The van der Waals surface area contributed by atoms with Crippen LogP contribution in [0.5, 0.6) is 0 Å². The fourth-order valence-electron chi connectivity index (χ4n) is 10.7. The maximum atomic E-state index is 13.0. The predicted octanol–water partition coefficient (Wildman–Crippen LogP) is 17.3. The van der Waals surface area contributed by atoms with Crippen LogP contribution in [0.3, 0.4) is 0 Å². The van der Waals surface area contributed by atoms with Gasteiger partial charge in [-0.05, 0) is 84.0 Å². The lowest BCUT2D eigenvalue weighted by Crippen LogP contribution is -2.60. The molecule has 1 rings (SSSR count). The minimum Gasteiger partial charge on any atom is -0.466 e.